The van der Waals surface area contributed by atoms with E-state index in [0.717, 1.165) is 25.7 Å². The summed E-state index contributed by atoms with van der Waals surface area (Å²) in [6, 6.07) is 5.89. The molecule has 3 aromatic rings. The summed E-state index contributed by atoms with van der Waals surface area (Å²) < 4.78 is 8.98. The Hall–Kier alpha value is -2.51. The number of hydrogen-bond donors (Lipinski definition) is 1. The summed E-state index contributed by atoms with van der Waals surface area (Å²) in [7, 11) is 1.84. The molecule has 7 nitrogen and oxygen atoms in total. The number of halogens is 2. The normalized spacial score (nSPS) is 16.8. The zero-order valence-electron chi connectivity index (χ0n) is 18.7. The first kappa shape index (κ1) is 22.3. The van der Waals surface area contributed by atoms with Crippen LogP contribution in [-0.2, 0) is 7.05 Å². The van der Waals surface area contributed by atoms with E-state index in [4.69, 9.17) is 27.7 Å². The molecule has 0 unspecified atom stereocenters. The van der Waals surface area contributed by atoms with Crippen molar-refractivity contribution in [2.75, 3.05) is 5.32 Å². The lowest BCUT2D eigenvalue weighted by Crippen LogP contribution is -2.29. The molecule has 2 heterocycles. The van der Waals surface area contributed by atoms with Crippen LogP contribution < -0.4 is 10.9 Å². The lowest BCUT2D eigenvalue weighted by molar-refractivity contribution is 0.101. The number of hydrogen-bond acceptors (Lipinski definition) is 4. The van der Waals surface area contributed by atoms with Gasteiger partial charge in [-0.05, 0) is 56.2 Å². The Kier molecular flexibility index (Phi) is 5.87. The molecule has 5 rings (SSSR count). The van der Waals surface area contributed by atoms with Crippen LogP contribution in [0.15, 0.2) is 27.5 Å². The molecule has 2 fully saturated rings. The Morgan fingerprint density at radius 3 is 2.55 bits per heavy atom. The average molecular weight is 489 g/mol. The number of nitrogens with one attached hydrogen (secondary N) is 1. The van der Waals surface area contributed by atoms with Crippen LogP contribution in [0.3, 0.4) is 0 Å². The van der Waals surface area contributed by atoms with Crippen molar-refractivity contribution in [2.45, 2.75) is 63.8 Å². The second-order valence-corrected chi connectivity index (χ2v) is 9.85. The minimum Gasteiger partial charge on any atom is -0.354 e. The van der Waals surface area contributed by atoms with Crippen LogP contribution in [0.4, 0.5) is 5.69 Å². The van der Waals surface area contributed by atoms with Crippen molar-refractivity contribution in [3.05, 3.63) is 55.5 Å². The maximum Gasteiger partial charge on any atom is 0.291 e. The van der Waals surface area contributed by atoms with E-state index in [-0.39, 0.29) is 33.8 Å². The summed E-state index contributed by atoms with van der Waals surface area (Å²) in [4.78, 5) is 26.2. The Morgan fingerprint density at radius 2 is 1.88 bits per heavy atom. The zero-order chi connectivity index (χ0) is 23.3. The van der Waals surface area contributed by atoms with Crippen molar-refractivity contribution >= 4 is 34.8 Å². The number of carbonyl (C=O) groups is 1. The quantitative estimate of drug-likeness (QED) is 0.470. The molecule has 1 N–H and O–H groups in total. The summed E-state index contributed by atoms with van der Waals surface area (Å²) in [5.41, 5.74) is 2.38. The van der Waals surface area contributed by atoms with Gasteiger partial charge < -0.3 is 9.84 Å². The molecule has 33 heavy (non-hydrogen) atoms. The number of amides is 1. The molecule has 2 aliphatic carbocycles. The van der Waals surface area contributed by atoms with Crippen LogP contribution in [0, 0.1) is 6.92 Å². The zero-order valence-corrected chi connectivity index (χ0v) is 20.2. The number of carbonyl (C=O) groups excluding carboxylic acids is 1. The molecule has 9 heteroatoms. The third-order valence-electron chi connectivity index (χ3n) is 6.89. The Bertz CT molecular complexity index is 1280. The third-order valence-corrected chi connectivity index (χ3v) is 7.55. The van der Waals surface area contributed by atoms with Gasteiger partial charge in [0.25, 0.3) is 11.5 Å². The number of benzene rings is 1. The molecule has 174 valence electrons. The van der Waals surface area contributed by atoms with Gasteiger partial charge >= 0.3 is 0 Å². The van der Waals surface area contributed by atoms with Gasteiger partial charge in [-0.2, -0.15) is 0 Å². The fraction of sp³-hybridized carbons (Fsp3) is 0.458. The van der Waals surface area contributed by atoms with E-state index in [1.807, 2.05) is 36.9 Å². The molecule has 0 atom stereocenters. The molecular formula is C24H26Cl2N4O3. The van der Waals surface area contributed by atoms with E-state index in [0.29, 0.717) is 22.2 Å². The average Bonchev–Trinajstić information content (AvgIpc) is 3.56. The van der Waals surface area contributed by atoms with Crippen molar-refractivity contribution in [1.82, 2.24) is 14.5 Å². The van der Waals surface area contributed by atoms with Crippen LogP contribution in [-0.4, -0.2) is 20.4 Å². The van der Waals surface area contributed by atoms with E-state index >= 15 is 0 Å². The highest BCUT2D eigenvalue weighted by atomic mass is 35.5. The highest BCUT2D eigenvalue weighted by molar-refractivity contribution is 6.38. The van der Waals surface area contributed by atoms with Gasteiger partial charge in [0.1, 0.15) is 10.7 Å². The Balaban J connectivity index is 1.41. The van der Waals surface area contributed by atoms with Gasteiger partial charge in [0, 0.05) is 12.6 Å². The molecule has 0 aliphatic heterocycles. The molecule has 2 aromatic heterocycles. The minimum absolute atomic E-state index is 0.0646. The van der Waals surface area contributed by atoms with Crippen LogP contribution in [0.25, 0.3) is 11.3 Å². The monoisotopic (exact) mass is 488 g/mol. The number of nitrogens with zero attached hydrogens (tertiary/aromatic N) is 3. The van der Waals surface area contributed by atoms with Crippen molar-refractivity contribution in [2.24, 2.45) is 7.05 Å². The van der Waals surface area contributed by atoms with E-state index < -0.39 is 5.91 Å². The highest BCUT2D eigenvalue weighted by Gasteiger charge is 2.29. The SMILES string of the molecule is Cc1c(NC(=O)c2noc(-c3ccc(C4CC4)cc3Cl)c2Cl)c(=O)n(C2CCCCC2)n1C. The van der Waals surface area contributed by atoms with Gasteiger partial charge in [-0.25, -0.2) is 4.68 Å². The molecule has 1 aromatic carbocycles. The van der Waals surface area contributed by atoms with Gasteiger partial charge in [0.15, 0.2) is 11.5 Å². The first-order valence-corrected chi connectivity index (χ1v) is 12.2. The lowest BCUT2D eigenvalue weighted by atomic mass is 9.96. The van der Waals surface area contributed by atoms with Crippen LogP contribution in [0.5, 0.6) is 0 Å². The second-order valence-electron chi connectivity index (χ2n) is 9.07. The van der Waals surface area contributed by atoms with E-state index in [2.05, 4.69) is 10.5 Å². The van der Waals surface area contributed by atoms with E-state index in [1.54, 1.807) is 4.68 Å². The van der Waals surface area contributed by atoms with Gasteiger partial charge in [-0.1, -0.05) is 53.7 Å². The standard InChI is InChI=1S/C24H26Cl2N4O3/c1-13-20(24(32)30(29(13)2)16-6-4-3-5-7-16)27-23(31)21-19(26)22(33-28-21)17-11-10-15(12-18(17)25)14-8-9-14/h10-12,14,16H,3-9H2,1-2H3,(H,27,31). The summed E-state index contributed by atoms with van der Waals surface area (Å²) in [6.45, 7) is 1.81. The van der Waals surface area contributed by atoms with E-state index in [1.165, 1.54) is 24.8 Å². The largest absolute Gasteiger partial charge is 0.354 e. The summed E-state index contributed by atoms with van der Waals surface area (Å²) in [6.07, 6.45) is 7.66. The molecular weight excluding hydrogens is 463 g/mol. The molecule has 0 bridgehead atoms. The third kappa shape index (κ3) is 4.02. The topological polar surface area (TPSA) is 82.1 Å². The van der Waals surface area contributed by atoms with Crippen molar-refractivity contribution < 1.29 is 9.32 Å². The fourth-order valence-electron chi connectivity index (χ4n) is 4.76. The van der Waals surface area contributed by atoms with Crippen LogP contribution in [0.1, 0.15) is 78.7 Å². The van der Waals surface area contributed by atoms with Gasteiger partial charge in [0.2, 0.25) is 0 Å². The van der Waals surface area contributed by atoms with Crippen molar-refractivity contribution in [3.8, 4) is 11.3 Å². The molecule has 1 amide bonds. The highest BCUT2D eigenvalue weighted by Crippen LogP contribution is 2.43. The van der Waals surface area contributed by atoms with E-state index in [9.17, 15) is 9.59 Å². The minimum atomic E-state index is -0.595. The summed E-state index contributed by atoms with van der Waals surface area (Å²) in [5, 5.41) is 7.16. The second kappa shape index (κ2) is 8.69. The Morgan fingerprint density at radius 1 is 1.15 bits per heavy atom. The maximum absolute atomic E-state index is 13.2. The molecule has 2 saturated carbocycles. The lowest BCUT2D eigenvalue weighted by Gasteiger charge is -2.24. The van der Waals surface area contributed by atoms with Gasteiger partial charge in [0.05, 0.1) is 16.8 Å². The molecule has 0 radical (unpaired) electrons. The molecule has 0 spiro atoms. The first-order chi connectivity index (χ1) is 15.9. The molecule has 2 aliphatic rings. The molecule has 0 saturated heterocycles. The number of aromatic nitrogens is 3. The van der Waals surface area contributed by atoms with Crippen molar-refractivity contribution in [1.29, 1.82) is 0 Å². The predicted molar refractivity (Wildman–Crippen MR) is 128 cm³/mol. The fourth-order valence-corrected chi connectivity index (χ4v) is 5.29. The number of rotatable bonds is 5. The smallest absolute Gasteiger partial charge is 0.291 e. The first-order valence-electron chi connectivity index (χ1n) is 11.4. The predicted octanol–water partition coefficient (Wildman–Crippen LogP) is 6.09. The van der Waals surface area contributed by atoms with Crippen molar-refractivity contribution in [3.63, 3.8) is 0 Å². The van der Waals surface area contributed by atoms with Crippen LogP contribution in [0.2, 0.25) is 10.0 Å². The summed E-state index contributed by atoms with van der Waals surface area (Å²) >= 11 is 12.9. The van der Waals surface area contributed by atoms with Gasteiger partial charge in [-0.15, -0.1) is 0 Å². The Labute approximate surface area is 201 Å². The maximum atomic E-state index is 13.2. The summed E-state index contributed by atoms with van der Waals surface area (Å²) in [5.74, 6) is 0.204. The number of anilines is 1. The van der Waals surface area contributed by atoms with Gasteiger partial charge in [-0.3, -0.25) is 14.3 Å². The van der Waals surface area contributed by atoms with Crippen LogP contribution >= 0.6 is 23.2 Å².